The van der Waals surface area contributed by atoms with Gasteiger partial charge < -0.3 is 0 Å². The van der Waals surface area contributed by atoms with Gasteiger partial charge in [0, 0.05) is 47.3 Å². The Morgan fingerprint density at radius 1 is 0.600 bits per heavy atom. The van der Waals surface area contributed by atoms with Crippen molar-refractivity contribution in [2.24, 2.45) is 15.9 Å². The molecule has 0 spiro atoms. The van der Waals surface area contributed by atoms with E-state index in [4.69, 9.17) is 15.0 Å². The second-order valence-electron chi connectivity index (χ2n) is 13.6. The SMILES string of the molecule is CC1C(c2cc(-c3cc(-c4ccccc4)ccn3)cc(C3(C)C=C(c4ccccc4)N=C(c4ccccc4)C3)c2)=NC=CC1c1ccccc1. The Labute approximate surface area is 295 Å². The molecule has 0 radical (unpaired) electrons. The molecule has 8 rings (SSSR count). The smallest absolute Gasteiger partial charge is 0.0708 e. The van der Waals surface area contributed by atoms with E-state index in [1.165, 1.54) is 16.7 Å². The summed E-state index contributed by atoms with van der Waals surface area (Å²) in [5.41, 5.74) is 13.1. The van der Waals surface area contributed by atoms with Gasteiger partial charge in [0.05, 0.1) is 17.1 Å². The van der Waals surface area contributed by atoms with E-state index in [0.29, 0.717) is 0 Å². The standard InChI is InChI=1S/C47H39N3/c1-33-42(35-17-9-4-10-18-35)24-26-49-46(33)40-27-39(43-30-38(23-25-48-43)34-15-7-3-8-16-34)28-41(29-40)47(2)31-44(36-19-11-5-12-20-36)50-45(32-47)37-21-13-6-14-22-37/h3-31,33,42H,32H2,1-2H3. The third kappa shape index (κ3) is 6.31. The molecule has 0 amide bonds. The van der Waals surface area contributed by atoms with Crippen LogP contribution in [0.15, 0.2) is 186 Å². The van der Waals surface area contributed by atoms with Gasteiger partial charge in [0.1, 0.15) is 0 Å². The van der Waals surface area contributed by atoms with Gasteiger partial charge in [-0.25, -0.2) is 0 Å². The lowest BCUT2D eigenvalue weighted by molar-refractivity contribution is 0.617. The number of aliphatic imine (C=N–C) groups is 2. The van der Waals surface area contributed by atoms with Crippen LogP contribution in [0.3, 0.4) is 0 Å². The second kappa shape index (κ2) is 13.5. The van der Waals surface area contributed by atoms with Gasteiger partial charge in [-0.05, 0) is 75.4 Å². The molecule has 0 fully saturated rings. The molecule has 6 aromatic rings. The van der Waals surface area contributed by atoms with Crippen LogP contribution in [0.4, 0.5) is 0 Å². The first-order chi connectivity index (χ1) is 24.5. The van der Waals surface area contributed by atoms with Gasteiger partial charge in [-0.1, -0.05) is 141 Å². The van der Waals surface area contributed by atoms with E-state index in [0.717, 1.165) is 57.1 Å². The Morgan fingerprint density at radius 3 is 1.92 bits per heavy atom. The first kappa shape index (κ1) is 31.3. The third-order valence-corrected chi connectivity index (χ3v) is 10.1. The van der Waals surface area contributed by atoms with E-state index in [-0.39, 0.29) is 17.3 Å². The maximum Gasteiger partial charge on any atom is 0.0708 e. The minimum Gasteiger partial charge on any atom is -0.261 e. The van der Waals surface area contributed by atoms with Crippen LogP contribution in [0.5, 0.6) is 0 Å². The maximum atomic E-state index is 5.27. The summed E-state index contributed by atoms with van der Waals surface area (Å²) in [6.07, 6.45) is 9.28. The van der Waals surface area contributed by atoms with Crippen LogP contribution in [-0.2, 0) is 5.41 Å². The van der Waals surface area contributed by atoms with Crippen LogP contribution >= 0.6 is 0 Å². The Kier molecular flexibility index (Phi) is 8.48. The zero-order valence-electron chi connectivity index (χ0n) is 28.4. The Hall–Kier alpha value is -5.93. The van der Waals surface area contributed by atoms with E-state index in [9.17, 15) is 0 Å². The molecule has 3 nitrogen and oxygen atoms in total. The summed E-state index contributed by atoms with van der Waals surface area (Å²) in [6.45, 7) is 4.65. The van der Waals surface area contributed by atoms with Crippen molar-refractivity contribution in [3.63, 3.8) is 0 Å². The highest BCUT2D eigenvalue weighted by Gasteiger charge is 2.33. The van der Waals surface area contributed by atoms with Gasteiger partial charge in [0.25, 0.3) is 0 Å². The number of hydrogen-bond acceptors (Lipinski definition) is 3. The number of nitrogens with zero attached hydrogens (tertiary/aromatic N) is 3. The van der Waals surface area contributed by atoms with Crippen molar-refractivity contribution >= 4 is 17.1 Å². The lowest BCUT2D eigenvalue weighted by atomic mass is 9.72. The molecule has 0 saturated heterocycles. The highest BCUT2D eigenvalue weighted by atomic mass is 14.8. The zero-order chi connectivity index (χ0) is 33.9. The average Bonchev–Trinajstić information content (AvgIpc) is 3.19. The number of benzene rings is 5. The Balaban J connectivity index is 1.29. The van der Waals surface area contributed by atoms with Crippen LogP contribution in [0.25, 0.3) is 28.1 Å². The number of allylic oxidation sites excluding steroid dienone is 2. The molecule has 3 heteroatoms. The van der Waals surface area contributed by atoms with Crippen molar-refractivity contribution in [3.8, 4) is 22.4 Å². The molecule has 0 bridgehead atoms. The fourth-order valence-corrected chi connectivity index (χ4v) is 7.39. The highest BCUT2D eigenvalue weighted by molar-refractivity contribution is 6.07. The van der Waals surface area contributed by atoms with Crippen molar-refractivity contribution in [2.75, 3.05) is 0 Å². The number of hydrogen-bond donors (Lipinski definition) is 0. The summed E-state index contributed by atoms with van der Waals surface area (Å²) in [6, 6.07) is 53.7. The maximum absolute atomic E-state index is 5.27. The topological polar surface area (TPSA) is 37.6 Å². The predicted molar refractivity (Wildman–Crippen MR) is 208 cm³/mol. The fraction of sp³-hybridized carbons (Fsp3) is 0.128. The van der Waals surface area contributed by atoms with Gasteiger partial charge >= 0.3 is 0 Å². The van der Waals surface area contributed by atoms with E-state index < -0.39 is 0 Å². The predicted octanol–water partition coefficient (Wildman–Crippen LogP) is 11.3. The van der Waals surface area contributed by atoms with E-state index in [1.807, 2.05) is 12.4 Å². The average molecular weight is 646 g/mol. The molecule has 3 unspecified atom stereocenters. The molecule has 1 aromatic heterocycles. The lowest BCUT2D eigenvalue weighted by Crippen LogP contribution is -2.28. The number of aromatic nitrogens is 1. The van der Waals surface area contributed by atoms with Gasteiger partial charge in [-0.3, -0.25) is 15.0 Å². The summed E-state index contributed by atoms with van der Waals surface area (Å²) in [4.78, 5) is 15.3. The molecule has 0 N–H and O–H groups in total. The van der Waals surface area contributed by atoms with E-state index >= 15 is 0 Å². The minimum atomic E-state index is -0.354. The summed E-state index contributed by atoms with van der Waals surface area (Å²) >= 11 is 0. The van der Waals surface area contributed by atoms with Crippen molar-refractivity contribution in [1.29, 1.82) is 0 Å². The van der Waals surface area contributed by atoms with Crippen molar-refractivity contribution in [1.82, 2.24) is 4.98 Å². The van der Waals surface area contributed by atoms with Gasteiger partial charge in [0.15, 0.2) is 0 Å². The first-order valence-electron chi connectivity index (χ1n) is 17.4. The molecule has 2 aliphatic heterocycles. The number of pyridine rings is 1. The molecule has 0 saturated carbocycles. The van der Waals surface area contributed by atoms with Crippen LogP contribution in [0.2, 0.25) is 0 Å². The molecule has 5 aromatic carbocycles. The number of rotatable bonds is 7. The third-order valence-electron chi connectivity index (χ3n) is 10.1. The molecule has 3 atom stereocenters. The normalized spacial score (nSPS) is 20.1. The molecular formula is C47H39N3. The molecular weight excluding hydrogens is 607 g/mol. The van der Waals surface area contributed by atoms with Crippen LogP contribution < -0.4 is 0 Å². The van der Waals surface area contributed by atoms with Crippen LogP contribution in [-0.4, -0.2) is 16.4 Å². The van der Waals surface area contributed by atoms with Crippen LogP contribution in [0, 0.1) is 5.92 Å². The summed E-state index contributed by atoms with van der Waals surface area (Å²) in [5.74, 6) is 0.423. The molecule has 0 aliphatic carbocycles. The van der Waals surface area contributed by atoms with Crippen molar-refractivity contribution in [3.05, 3.63) is 204 Å². The lowest BCUT2D eigenvalue weighted by Gasteiger charge is -2.33. The Bertz CT molecular complexity index is 2250. The van der Waals surface area contributed by atoms with Crippen LogP contribution in [0.1, 0.15) is 54.0 Å². The summed E-state index contributed by atoms with van der Waals surface area (Å²) in [7, 11) is 0. The molecule has 50 heavy (non-hydrogen) atoms. The molecule has 242 valence electrons. The fourth-order valence-electron chi connectivity index (χ4n) is 7.39. The first-order valence-corrected chi connectivity index (χ1v) is 17.4. The van der Waals surface area contributed by atoms with Crippen molar-refractivity contribution in [2.45, 2.75) is 31.6 Å². The quantitative estimate of drug-likeness (QED) is 0.170. The monoisotopic (exact) mass is 645 g/mol. The van der Waals surface area contributed by atoms with Gasteiger partial charge in [-0.2, -0.15) is 0 Å². The minimum absolute atomic E-state index is 0.185. The molecule has 3 heterocycles. The summed E-state index contributed by atoms with van der Waals surface area (Å²) < 4.78 is 0. The highest BCUT2D eigenvalue weighted by Crippen LogP contribution is 2.42. The molecule has 2 aliphatic rings. The van der Waals surface area contributed by atoms with E-state index in [2.05, 4.69) is 178 Å². The van der Waals surface area contributed by atoms with E-state index in [1.54, 1.807) is 0 Å². The van der Waals surface area contributed by atoms with Gasteiger partial charge in [-0.15, -0.1) is 0 Å². The second-order valence-corrected chi connectivity index (χ2v) is 13.6. The van der Waals surface area contributed by atoms with Crippen molar-refractivity contribution < 1.29 is 0 Å². The Morgan fingerprint density at radius 2 is 1.22 bits per heavy atom. The van der Waals surface area contributed by atoms with Gasteiger partial charge in [0.2, 0.25) is 0 Å². The zero-order valence-corrected chi connectivity index (χ0v) is 28.4. The summed E-state index contributed by atoms with van der Waals surface area (Å²) in [5, 5.41) is 0. The largest absolute Gasteiger partial charge is 0.261 e.